The van der Waals surface area contributed by atoms with Crippen LogP contribution < -0.4 is 11.3 Å². The quantitative estimate of drug-likeness (QED) is 0.588. The molecule has 2 rings (SSSR count). The summed E-state index contributed by atoms with van der Waals surface area (Å²) in [5.74, 6) is 5.32. The van der Waals surface area contributed by atoms with E-state index >= 15 is 0 Å². The van der Waals surface area contributed by atoms with Crippen LogP contribution in [-0.4, -0.2) is 36.6 Å². The number of morpholine rings is 1. The van der Waals surface area contributed by atoms with Crippen LogP contribution >= 0.6 is 0 Å². The molecular formula is C12H17N3O2. The van der Waals surface area contributed by atoms with E-state index in [0.29, 0.717) is 25.3 Å². The third-order valence-electron chi connectivity index (χ3n) is 2.83. The molecule has 0 bridgehead atoms. The van der Waals surface area contributed by atoms with E-state index in [1.54, 1.807) is 24.3 Å². The Morgan fingerprint density at radius 3 is 2.76 bits per heavy atom. The van der Waals surface area contributed by atoms with Gasteiger partial charge in [-0.05, 0) is 31.2 Å². The number of hydrogen-bond acceptors (Lipinski definition) is 4. The van der Waals surface area contributed by atoms with Crippen molar-refractivity contribution in [1.29, 1.82) is 0 Å². The highest BCUT2D eigenvalue weighted by Gasteiger charge is 2.22. The van der Waals surface area contributed by atoms with Gasteiger partial charge < -0.3 is 15.1 Å². The number of carbonyl (C=O) groups is 1. The fraction of sp³-hybridized carbons (Fsp3) is 0.417. The van der Waals surface area contributed by atoms with Crippen LogP contribution in [0.2, 0.25) is 0 Å². The zero-order chi connectivity index (χ0) is 12.3. The van der Waals surface area contributed by atoms with Crippen molar-refractivity contribution in [1.82, 2.24) is 4.90 Å². The Morgan fingerprint density at radius 2 is 2.18 bits per heavy atom. The van der Waals surface area contributed by atoms with Gasteiger partial charge in [0.05, 0.1) is 12.7 Å². The van der Waals surface area contributed by atoms with Crippen molar-refractivity contribution in [3.05, 3.63) is 29.8 Å². The molecule has 5 heteroatoms. The number of nitrogens with zero attached hydrogens (tertiary/aromatic N) is 1. The number of nitrogen functional groups attached to an aromatic ring is 1. The van der Waals surface area contributed by atoms with Crippen LogP contribution in [-0.2, 0) is 4.74 Å². The Morgan fingerprint density at radius 1 is 1.47 bits per heavy atom. The number of benzene rings is 1. The molecule has 92 valence electrons. The van der Waals surface area contributed by atoms with Crippen LogP contribution in [0.25, 0.3) is 0 Å². The first kappa shape index (κ1) is 11.9. The third kappa shape index (κ3) is 2.75. The first-order valence-electron chi connectivity index (χ1n) is 5.68. The minimum absolute atomic E-state index is 0.0451. The van der Waals surface area contributed by atoms with Crippen LogP contribution in [0.5, 0.6) is 0 Å². The lowest BCUT2D eigenvalue weighted by molar-refractivity contribution is -0.0124. The van der Waals surface area contributed by atoms with Gasteiger partial charge in [0, 0.05) is 24.3 Å². The average Bonchev–Trinajstić information content (AvgIpc) is 2.38. The largest absolute Gasteiger partial charge is 0.375 e. The summed E-state index contributed by atoms with van der Waals surface area (Å²) >= 11 is 0. The van der Waals surface area contributed by atoms with Gasteiger partial charge in [-0.15, -0.1) is 0 Å². The number of hydrogen-bond donors (Lipinski definition) is 2. The molecule has 1 atom stereocenters. The minimum Gasteiger partial charge on any atom is -0.375 e. The summed E-state index contributed by atoms with van der Waals surface area (Å²) in [5.41, 5.74) is 4.00. The standard InChI is InChI=1S/C12H17N3O2/c1-9-8-15(6-7-17-9)12(16)10-2-4-11(14-13)5-3-10/h2-5,9,14H,6-8,13H2,1H3. The number of amides is 1. The van der Waals surface area contributed by atoms with Gasteiger partial charge in [-0.3, -0.25) is 10.6 Å². The molecule has 3 N–H and O–H groups in total. The highest BCUT2D eigenvalue weighted by atomic mass is 16.5. The Balaban J connectivity index is 2.07. The monoisotopic (exact) mass is 235 g/mol. The molecule has 1 aliphatic rings. The maximum Gasteiger partial charge on any atom is 0.254 e. The second-order valence-electron chi connectivity index (χ2n) is 4.15. The maximum atomic E-state index is 12.2. The lowest BCUT2D eigenvalue weighted by Crippen LogP contribution is -2.44. The number of nitrogens with two attached hydrogens (primary N) is 1. The average molecular weight is 235 g/mol. The van der Waals surface area contributed by atoms with E-state index in [2.05, 4.69) is 5.43 Å². The van der Waals surface area contributed by atoms with Gasteiger partial charge in [0.2, 0.25) is 0 Å². The summed E-state index contributed by atoms with van der Waals surface area (Å²) in [6.07, 6.45) is 0.109. The fourth-order valence-electron chi connectivity index (χ4n) is 1.89. The summed E-state index contributed by atoms with van der Waals surface area (Å²) < 4.78 is 5.41. The Hall–Kier alpha value is -1.59. The fourth-order valence-corrected chi connectivity index (χ4v) is 1.89. The molecule has 0 aliphatic carbocycles. The van der Waals surface area contributed by atoms with Crippen molar-refractivity contribution < 1.29 is 9.53 Å². The molecule has 0 spiro atoms. The normalized spacial score (nSPS) is 20.1. The first-order valence-corrected chi connectivity index (χ1v) is 5.68. The van der Waals surface area contributed by atoms with E-state index < -0.39 is 0 Å². The van der Waals surface area contributed by atoms with Gasteiger partial charge in [-0.1, -0.05) is 0 Å². The predicted molar refractivity (Wildman–Crippen MR) is 65.6 cm³/mol. The van der Waals surface area contributed by atoms with Crippen molar-refractivity contribution in [2.24, 2.45) is 5.84 Å². The zero-order valence-corrected chi connectivity index (χ0v) is 9.85. The number of rotatable bonds is 2. The summed E-state index contributed by atoms with van der Waals surface area (Å²) in [6.45, 7) is 3.88. The van der Waals surface area contributed by atoms with Crippen molar-refractivity contribution >= 4 is 11.6 Å². The highest BCUT2D eigenvalue weighted by molar-refractivity contribution is 5.94. The van der Waals surface area contributed by atoms with Gasteiger partial charge in [0.1, 0.15) is 0 Å². The number of anilines is 1. The lowest BCUT2D eigenvalue weighted by atomic mass is 10.1. The van der Waals surface area contributed by atoms with Crippen LogP contribution in [0, 0.1) is 0 Å². The predicted octanol–water partition coefficient (Wildman–Crippen LogP) is 0.833. The number of ether oxygens (including phenoxy) is 1. The third-order valence-corrected chi connectivity index (χ3v) is 2.83. The summed E-state index contributed by atoms with van der Waals surface area (Å²) in [7, 11) is 0. The molecule has 1 fully saturated rings. The van der Waals surface area contributed by atoms with Crippen LogP contribution in [0.4, 0.5) is 5.69 Å². The number of nitrogens with one attached hydrogen (secondary N) is 1. The van der Waals surface area contributed by atoms with E-state index in [4.69, 9.17) is 10.6 Å². The molecular weight excluding hydrogens is 218 g/mol. The van der Waals surface area contributed by atoms with Crippen LogP contribution in [0.15, 0.2) is 24.3 Å². The zero-order valence-electron chi connectivity index (χ0n) is 9.85. The van der Waals surface area contributed by atoms with E-state index in [1.165, 1.54) is 0 Å². The lowest BCUT2D eigenvalue weighted by Gasteiger charge is -2.31. The highest BCUT2D eigenvalue weighted by Crippen LogP contribution is 2.13. The van der Waals surface area contributed by atoms with E-state index in [9.17, 15) is 4.79 Å². The molecule has 1 unspecified atom stereocenters. The van der Waals surface area contributed by atoms with Crippen LogP contribution in [0.1, 0.15) is 17.3 Å². The van der Waals surface area contributed by atoms with Gasteiger partial charge in [-0.2, -0.15) is 0 Å². The van der Waals surface area contributed by atoms with Crippen LogP contribution in [0.3, 0.4) is 0 Å². The molecule has 0 aromatic heterocycles. The molecule has 0 radical (unpaired) electrons. The molecule has 1 saturated heterocycles. The van der Waals surface area contributed by atoms with Crippen molar-refractivity contribution in [2.75, 3.05) is 25.1 Å². The molecule has 0 saturated carbocycles. The van der Waals surface area contributed by atoms with Gasteiger partial charge >= 0.3 is 0 Å². The Kier molecular flexibility index (Phi) is 3.61. The topological polar surface area (TPSA) is 67.6 Å². The summed E-state index contributed by atoms with van der Waals surface area (Å²) in [4.78, 5) is 14.0. The van der Waals surface area contributed by atoms with E-state index in [0.717, 1.165) is 5.69 Å². The van der Waals surface area contributed by atoms with Gasteiger partial charge in [0.15, 0.2) is 0 Å². The van der Waals surface area contributed by atoms with Crippen molar-refractivity contribution in [2.45, 2.75) is 13.0 Å². The van der Waals surface area contributed by atoms with Crippen molar-refractivity contribution in [3.8, 4) is 0 Å². The van der Waals surface area contributed by atoms with Gasteiger partial charge in [0.25, 0.3) is 5.91 Å². The summed E-state index contributed by atoms with van der Waals surface area (Å²) in [6, 6.07) is 7.13. The summed E-state index contributed by atoms with van der Waals surface area (Å²) in [5, 5.41) is 0. The second-order valence-corrected chi connectivity index (χ2v) is 4.15. The van der Waals surface area contributed by atoms with E-state index in [-0.39, 0.29) is 12.0 Å². The maximum absolute atomic E-state index is 12.2. The SMILES string of the molecule is CC1CN(C(=O)c2ccc(NN)cc2)CCO1. The number of hydrazine groups is 1. The first-order chi connectivity index (χ1) is 8.20. The molecule has 1 aliphatic heterocycles. The molecule has 5 nitrogen and oxygen atoms in total. The second kappa shape index (κ2) is 5.16. The molecule has 17 heavy (non-hydrogen) atoms. The minimum atomic E-state index is 0.0451. The Labute approximate surface area is 101 Å². The smallest absolute Gasteiger partial charge is 0.254 e. The molecule has 1 aromatic carbocycles. The Bertz CT molecular complexity index is 391. The van der Waals surface area contributed by atoms with E-state index in [1.807, 2.05) is 11.8 Å². The molecule has 1 aromatic rings. The molecule has 1 heterocycles. The van der Waals surface area contributed by atoms with Crippen molar-refractivity contribution in [3.63, 3.8) is 0 Å². The number of carbonyl (C=O) groups excluding carboxylic acids is 1. The van der Waals surface area contributed by atoms with Gasteiger partial charge in [-0.25, -0.2) is 0 Å². The molecule has 1 amide bonds.